The number of benzene rings is 4. The molecule has 4 aromatic carbocycles. The molecule has 0 aromatic heterocycles. The van der Waals surface area contributed by atoms with Crippen LogP contribution in [0.4, 0.5) is 4.39 Å². The van der Waals surface area contributed by atoms with E-state index in [2.05, 4.69) is 0 Å². The summed E-state index contributed by atoms with van der Waals surface area (Å²) < 4.78 is 19.6. The van der Waals surface area contributed by atoms with Crippen molar-refractivity contribution in [3.05, 3.63) is 125 Å². The number of carbonyl (C=O) groups excluding carboxylic acids is 1. The Morgan fingerprint density at radius 3 is 2.05 bits per heavy atom. The molecule has 0 aliphatic heterocycles. The van der Waals surface area contributed by atoms with Gasteiger partial charge in [-0.2, -0.15) is 0 Å². The van der Waals surface area contributed by atoms with Crippen molar-refractivity contribution in [1.82, 2.24) is 0 Å². The van der Waals surface area contributed by atoms with Crippen LogP contribution in [0.1, 0.15) is 34.3 Å². The van der Waals surface area contributed by atoms with Crippen LogP contribution in [0.5, 0.6) is 5.75 Å². The van der Waals surface area contributed by atoms with E-state index in [1.54, 1.807) is 30.3 Å². The van der Waals surface area contributed by atoms with E-state index in [1.807, 2.05) is 48.5 Å². The summed E-state index contributed by atoms with van der Waals surface area (Å²) in [7, 11) is 0. The fourth-order valence-electron chi connectivity index (χ4n) is 4.06. The van der Waals surface area contributed by atoms with Crippen molar-refractivity contribution < 1.29 is 23.8 Å². The molecular formula is C31H26ClFO4. The number of carbonyl (C=O) groups is 2. The van der Waals surface area contributed by atoms with Crippen molar-refractivity contribution in [2.45, 2.75) is 19.3 Å². The van der Waals surface area contributed by atoms with Gasteiger partial charge >= 0.3 is 5.97 Å². The Kier molecular flexibility index (Phi) is 8.70. The van der Waals surface area contributed by atoms with Gasteiger partial charge in [0, 0.05) is 10.6 Å². The lowest BCUT2D eigenvalue weighted by molar-refractivity contribution is -0.142. The van der Waals surface area contributed by atoms with Crippen molar-refractivity contribution >= 4 is 23.4 Å². The summed E-state index contributed by atoms with van der Waals surface area (Å²) in [6.07, 6.45) is 1.49. The zero-order chi connectivity index (χ0) is 26.2. The van der Waals surface area contributed by atoms with E-state index < -0.39 is 23.5 Å². The van der Waals surface area contributed by atoms with E-state index >= 15 is 0 Å². The first kappa shape index (κ1) is 26.1. The molecular weight excluding hydrogens is 491 g/mol. The zero-order valence-electron chi connectivity index (χ0n) is 20.1. The second kappa shape index (κ2) is 12.3. The van der Waals surface area contributed by atoms with Crippen LogP contribution in [0.15, 0.2) is 97.1 Å². The fourth-order valence-corrected chi connectivity index (χ4v) is 4.19. The first-order valence-corrected chi connectivity index (χ1v) is 12.4. The molecule has 1 unspecified atom stereocenters. The Bertz CT molecular complexity index is 1350. The lowest BCUT2D eigenvalue weighted by Gasteiger charge is -2.14. The Morgan fingerprint density at radius 1 is 0.811 bits per heavy atom. The third kappa shape index (κ3) is 7.05. The van der Waals surface area contributed by atoms with Gasteiger partial charge in [0.25, 0.3) is 0 Å². The minimum Gasteiger partial charge on any atom is -0.494 e. The molecule has 4 nitrogen and oxygen atoms in total. The van der Waals surface area contributed by atoms with Crippen LogP contribution < -0.4 is 4.74 Å². The molecule has 0 amide bonds. The van der Waals surface area contributed by atoms with Crippen LogP contribution in [-0.2, 0) is 11.2 Å². The van der Waals surface area contributed by atoms with E-state index in [0.717, 1.165) is 16.7 Å². The number of hydrogen-bond donors (Lipinski definition) is 1. The lowest BCUT2D eigenvalue weighted by atomic mass is 9.95. The molecule has 0 saturated heterocycles. The highest BCUT2D eigenvalue weighted by Gasteiger charge is 2.18. The average Bonchev–Trinajstić information content (AvgIpc) is 2.91. The summed E-state index contributed by atoms with van der Waals surface area (Å²) in [6, 6.07) is 28.0. The molecule has 0 heterocycles. The maximum atomic E-state index is 13.9. The topological polar surface area (TPSA) is 63.6 Å². The van der Waals surface area contributed by atoms with Crippen LogP contribution in [0, 0.1) is 11.7 Å². The molecule has 1 atom stereocenters. The predicted molar refractivity (Wildman–Crippen MR) is 143 cm³/mol. The first-order valence-electron chi connectivity index (χ1n) is 12.0. The van der Waals surface area contributed by atoms with Crippen molar-refractivity contribution in [2.75, 3.05) is 6.61 Å². The van der Waals surface area contributed by atoms with Crippen molar-refractivity contribution in [1.29, 1.82) is 0 Å². The predicted octanol–water partition coefficient (Wildman–Crippen LogP) is 7.48. The summed E-state index contributed by atoms with van der Waals surface area (Å²) in [4.78, 5) is 24.3. The molecule has 0 aliphatic rings. The molecule has 0 spiro atoms. The molecule has 0 saturated carbocycles. The monoisotopic (exact) mass is 516 g/mol. The quantitative estimate of drug-likeness (QED) is 0.210. The van der Waals surface area contributed by atoms with Gasteiger partial charge in [-0.3, -0.25) is 9.59 Å². The van der Waals surface area contributed by atoms with E-state index in [4.69, 9.17) is 16.3 Å². The molecule has 37 heavy (non-hydrogen) atoms. The number of carboxylic acid groups (broad SMARTS) is 1. The Balaban J connectivity index is 1.27. The highest BCUT2D eigenvalue weighted by molar-refractivity contribution is 6.30. The SMILES string of the molecule is O=C(c1ccc(OCCC(CCc2ccc(-c3ccc(Cl)cc3)cc2)C(=O)O)cc1)c1ccccc1F. The van der Waals surface area contributed by atoms with E-state index in [1.165, 1.54) is 18.2 Å². The maximum absolute atomic E-state index is 13.9. The van der Waals surface area contributed by atoms with Gasteiger partial charge in [0.15, 0.2) is 5.78 Å². The third-order valence-electron chi connectivity index (χ3n) is 6.23. The molecule has 4 rings (SSSR count). The van der Waals surface area contributed by atoms with Crippen molar-refractivity contribution in [2.24, 2.45) is 5.92 Å². The minimum atomic E-state index is -0.854. The van der Waals surface area contributed by atoms with Gasteiger partial charge in [-0.25, -0.2) is 4.39 Å². The van der Waals surface area contributed by atoms with E-state index in [-0.39, 0.29) is 12.2 Å². The average molecular weight is 517 g/mol. The Hall–Kier alpha value is -3.96. The number of hydrogen-bond acceptors (Lipinski definition) is 3. The first-order chi connectivity index (χ1) is 17.9. The standard InChI is InChI=1S/C31H26ClFO4/c32-26-15-11-23(12-16-26)22-8-5-21(6-9-22)7-10-25(31(35)36)19-20-37-27-17-13-24(14-18-27)30(34)28-3-1-2-4-29(28)33/h1-6,8-9,11-18,25H,7,10,19-20H2,(H,35,36). The van der Waals surface area contributed by atoms with Gasteiger partial charge in [-0.1, -0.05) is 60.1 Å². The highest BCUT2D eigenvalue weighted by atomic mass is 35.5. The number of ether oxygens (including phenoxy) is 1. The smallest absolute Gasteiger partial charge is 0.306 e. The summed E-state index contributed by atoms with van der Waals surface area (Å²) in [6.45, 7) is 0.229. The molecule has 0 aliphatic carbocycles. The second-order valence-electron chi connectivity index (χ2n) is 8.75. The lowest BCUT2D eigenvalue weighted by Crippen LogP contribution is -2.18. The summed E-state index contributed by atoms with van der Waals surface area (Å²) in [5, 5.41) is 10.3. The molecule has 0 bridgehead atoms. The van der Waals surface area contributed by atoms with Gasteiger partial charge in [0.05, 0.1) is 18.1 Å². The highest BCUT2D eigenvalue weighted by Crippen LogP contribution is 2.23. The van der Waals surface area contributed by atoms with Gasteiger partial charge in [-0.15, -0.1) is 0 Å². The number of rotatable bonds is 11. The van der Waals surface area contributed by atoms with Crippen LogP contribution in [0.25, 0.3) is 11.1 Å². The Labute approximate surface area is 220 Å². The van der Waals surface area contributed by atoms with E-state index in [9.17, 15) is 19.1 Å². The normalized spacial score (nSPS) is 11.6. The summed E-state index contributed by atoms with van der Waals surface area (Å²) in [5.41, 5.74) is 3.58. The summed E-state index contributed by atoms with van der Waals surface area (Å²) >= 11 is 5.95. The molecule has 0 radical (unpaired) electrons. The fraction of sp³-hybridized carbons (Fsp3) is 0.161. The maximum Gasteiger partial charge on any atom is 0.306 e. The van der Waals surface area contributed by atoms with Gasteiger partial charge in [-0.05, 0) is 84.5 Å². The number of halogens is 2. The van der Waals surface area contributed by atoms with Gasteiger partial charge < -0.3 is 9.84 Å². The second-order valence-corrected chi connectivity index (χ2v) is 9.18. The minimum absolute atomic E-state index is 0.0140. The largest absolute Gasteiger partial charge is 0.494 e. The summed E-state index contributed by atoms with van der Waals surface area (Å²) in [5.74, 6) is -1.85. The van der Waals surface area contributed by atoms with Crippen molar-refractivity contribution in [3.63, 3.8) is 0 Å². The van der Waals surface area contributed by atoms with Crippen LogP contribution in [-0.4, -0.2) is 23.5 Å². The van der Waals surface area contributed by atoms with Gasteiger partial charge in [0.1, 0.15) is 11.6 Å². The molecule has 4 aromatic rings. The molecule has 0 fully saturated rings. The molecule has 6 heteroatoms. The molecule has 1 N–H and O–H groups in total. The zero-order valence-corrected chi connectivity index (χ0v) is 20.8. The number of aryl methyl sites for hydroxylation is 1. The van der Waals surface area contributed by atoms with Crippen LogP contribution >= 0.6 is 11.6 Å². The van der Waals surface area contributed by atoms with Crippen molar-refractivity contribution in [3.8, 4) is 16.9 Å². The number of ketones is 1. The number of carboxylic acids is 1. The molecule has 188 valence electrons. The number of aliphatic carboxylic acids is 1. The van der Waals surface area contributed by atoms with Crippen LogP contribution in [0.2, 0.25) is 5.02 Å². The van der Waals surface area contributed by atoms with E-state index in [0.29, 0.717) is 35.6 Å². The third-order valence-corrected chi connectivity index (χ3v) is 6.48. The van der Waals surface area contributed by atoms with Gasteiger partial charge in [0.2, 0.25) is 0 Å². The Morgan fingerprint density at radius 2 is 1.43 bits per heavy atom. The van der Waals surface area contributed by atoms with Crippen LogP contribution in [0.3, 0.4) is 0 Å².